The van der Waals surface area contributed by atoms with Gasteiger partial charge in [0.05, 0.1) is 0 Å². The van der Waals surface area contributed by atoms with E-state index in [9.17, 15) is 4.79 Å². The van der Waals surface area contributed by atoms with Crippen molar-refractivity contribution in [3.8, 4) is 0 Å². The molecule has 1 N–H and O–H groups in total. The summed E-state index contributed by atoms with van der Waals surface area (Å²) >= 11 is 0. The second-order valence-corrected chi connectivity index (χ2v) is 4.94. The van der Waals surface area contributed by atoms with Crippen LogP contribution in [0.15, 0.2) is 0 Å². The fraction of sp³-hybridized carbons (Fsp3) is 0.909. The van der Waals surface area contributed by atoms with Crippen LogP contribution in [0.1, 0.15) is 20.8 Å². The van der Waals surface area contributed by atoms with E-state index < -0.39 is 5.60 Å². The first kappa shape index (κ1) is 13.3. The van der Waals surface area contributed by atoms with Gasteiger partial charge in [0.2, 0.25) is 0 Å². The van der Waals surface area contributed by atoms with Crippen LogP contribution < -0.4 is 10.6 Å². The van der Waals surface area contributed by atoms with Crippen molar-refractivity contribution in [3.63, 3.8) is 0 Å². The molecule has 0 saturated carbocycles. The van der Waals surface area contributed by atoms with Gasteiger partial charge in [-0.1, -0.05) is 0 Å². The summed E-state index contributed by atoms with van der Waals surface area (Å²) in [6, 6.07) is 0. The van der Waals surface area contributed by atoms with E-state index in [1.165, 1.54) is 0 Å². The van der Waals surface area contributed by atoms with Crippen molar-refractivity contribution in [2.45, 2.75) is 26.4 Å². The van der Waals surface area contributed by atoms with Crippen molar-refractivity contribution in [2.24, 2.45) is 0 Å². The summed E-state index contributed by atoms with van der Waals surface area (Å²) in [6.45, 7) is 10.9. The Hall–Kier alpha value is -0.810. The highest BCUT2D eigenvalue weighted by molar-refractivity contribution is 5.67. The maximum absolute atomic E-state index is 11.3. The van der Waals surface area contributed by atoms with Gasteiger partial charge in [-0.15, -0.1) is 0 Å². The fourth-order valence-corrected chi connectivity index (χ4v) is 1.50. The van der Waals surface area contributed by atoms with Crippen molar-refractivity contribution in [1.82, 2.24) is 15.5 Å². The van der Waals surface area contributed by atoms with E-state index in [1.807, 2.05) is 20.8 Å². The van der Waals surface area contributed by atoms with Crippen LogP contribution in [-0.2, 0) is 4.74 Å². The molecule has 1 fully saturated rings. The monoisotopic (exact) mass is 228 g/mol. The zero-order valence-corrected chi connectivity index (χ0v) is 10.5. The van der Waals surface area contributed by atoms with Crippen molar-refractivity contribution in [2.75, 3.05) is 39.3 Å². The van der Waals surface area contributed by atoms with Gasteiger partial charge in [0.1, 0.15) is 5.60 Å². The topological polar surface area (TPSA) is 55.7 Å². The molecule has 1 saturated heterocycles. The predicted molar refractivity (Wildman–Crippen MR) is 62.5 cm³/mol. The molecule has 1 heterocycles. The van der Waals surface area contributed by atoms with Gasteiger partial charge in [0.25, 0.3) is 0 Å². The maximum Gasteiger partial charge on any atom is 0.407 e. The molecule has 5 nitrogen and oxygen atoms in total. The normalized spacial score (nSPS) is 18.2. The molecular formula is C11H22N3O2. The summed E-state index contributed by atoms with van der Waals surface area (Å²) in [6.07, 6.45) is -0.339. The average molecular weight is 228 g/mol. The first-order chi connectivity index (χ1) is 7.47. The predicted octanol–water partition coefficient (Wildman–Crippen LogP) is 0.431. The Morgan fingerprint density at radius 1 is 1.38 bits per heavy atom. The first-order valence-electron chi connectivity index (χ1n) is 5.80. The molecular weight excluding hydrogens is 206 g/mol. The SMILES string of the molecule is CC(C)(C)OC(=O)NCCN1CC[N]CC1. The van der Waals surface area contributed by atoms with Crippen molar-refractivity contribution in [1.29, 1.82) is 0 Å². The van der Waals surface area contributed by atoms with Crippen molar-refractivity contribution in [3.05, 3.63) is 0 Å². The van der Waals surface area contributed by atoms with E-state index in [0.29, 0.717) is 6.54 Å². The number of hydrogen-bond acceptors (Lipinski definition) is 3. The Labute approximate surface area is 97.5 Å². The highest BCUT2D eigenvalue weighted by atomic mass is 16.6. The number of alkyl carbamates (subject to hydrolysis) is 1. The van der Waals surface area contributed by atoms with Crippen LogP contribution in [-0.4, -0.2) is 55.9 Å². The minimum absolute atomic E-state index is 0.339. The van der Waals surface area contributed by atoms with Crippen molar-refractivity contribution < 1.29 is 9.53 Å². The van der Waals surface area contributed by atoms with Gasteiger partial charge >= 0.3 is 6.09 Å². The lowest BCUT2D eigenvalue weighted by Gasteiger charge is -2.26. The molecule has 0 aliphatic carbocycles. The molecule has 0 aromatic carbocycles. The number of rotatable bonds is 3. The van der Waals surface area contributed by atoms with Crippen LogP contribution in [0.2, 0.25) is 0 Å². The summed E-state index contributed by atoms with van der Waals surface area (Å²) in [5.74, 6) is 0. The van der Waals surface area contributed by atoms with Gasteiger partial charge in [-0.2, -0.15) is 0 Å². The average Bonchev–Trinajstić information content (AvgIpc) is 2.16. The van der Waals surface area contributed by atoms with Crippen LogP contribution in [0.4, 0.5) is 4.79 Å². The molecule has 93 valence electrons. The summed E-state index contributed by atoms with van der Waals surface area (Å²) in [5.41, 5.74) is -0.423. The Morgan fingerprint density at radius 3 is 2.56 bits per heavy atom. The van der Waals surface area contributed by atoms with Crippen LogP contribution in [0.3, 0.4) is 0 Å². The molecule has 0 aromatic heterocycles. The third-order valence-corrected chi connectivity index (χ3v) is 2.24. The third kappa shape index (κ3) is 5.92. The van der Waals surface area contributed by atoms with Crippen molar-refractivity contribution >= 4 is 6.09 Å². The molecule has 0 aromatic rings. The van der Waals surface area contributed by atoms with Gasteiger partial charge < -0.3 is 10.1 Å². The Balaban J connectivity index is 2.08. The van der Waals surface area contributed by atoms with Crippen LogP contribution in [0.5, 0.6) is 0 Å². The molecule has 1 rings (SSSR count). The molecule has 5 heteroatoms. The quantitative estimate of drug-likeness (QED) is 0.762. The number of nitrogens with one attached hydrogen (secondary N) is 1. The van der Waals surface area contributed by atoms with E-state index >= 15 is 0 Å². The fourth-order valence-electron chi connectivity index (χ4n) is 1.50. The molecule has 0 atom stereocenters. The Kier molecular flexibility index (Phi) is 5.02. The summed E-state index contributed by atoms with van der Waals surface area (Å²) in [7, 11) is 0. The summed E-state index contributed by atoms with van der Waals surface area (Å²) in [5, 5.41) is 7.02. The van der Waals surface area contributed by atoms with E-state index in [4.69, 9.17) is 4.74 Å². The molecule has 1 aliphatic heterocycles. The third-order valence-electron chi connectivity index (χ3n) is 2.24. The Bertz CT molecular complexity index is 220. The number of carbonyl (C=O) groups is 1. The maximum atomic E-state index is 11.3. The van der Waals surface area contributed by atoms with E-state index in [0.717, 1.165) is 32.7 Å². The number of carbonyl (C=O) groups excluding carboxylic acids is 1. The standard InChI is InChI=1S/C11H22N3O2/c1-11(2,3)16-10(15)13-6-9-14-7-4-12-5-8-14/h4-9H2,1-3H3,(H,13,15). The minimum atomic E-state index is -0.423. The molecule has 1 aliphatic rings. The summed E-state index contributed by atoms with van der Waals surface area (Å²) < 4.78 is 5.14. The zero-order chi connectivity index (χ0) is 12.0. The smallest absolute Gasteiger partial charge is 0.407 e. The van der Waals surface area contributed by atoms with Crippen LogP contribution in [0, 0.1) is 0 Å². The van der Waals surface area contributed by atoms with E-state index in [2.05, 4.69) is 15.5 Å². The van der Waals surface area contributed by atoms with Crippen LogP contribution in [0.25, 0.3) is 0 Å². The second-order valence-electron chi connectivity index (χ2n) is 4.94. The lowest BCUT2D eigenvalue weighted by molar-refractivity contribution is 0.0521. The number of amides is 1. The number of nitrogens with zero attached hydrogens (tertiary/aromatic N) is 2. The number of ether oxygens (including phenoxy) is 1. The largest absolute Gasteiger partial charge is 0.444 e. The number of hydrogen-bond donors (Lipinski definition) is 1. The molecule has 1 radical (unpaired) electrons. The molecule has 0 unspecified atom stereocenters. The molecule has 16 heavy (non-hydrogen) atoms. The highest BCUT2D eigenvalue weighted by Crippen LogP contribution is 2.06. The number of piperazine rings is 1. The summed E-state index contributed by atoms with van der Waals surface area (Å²) in [4.78, 5) is 13.6. The van der Waals surface area contributed by atoms with Crippen LogP contribution >= 0.6 is 0 Å². The second kappa shape index (κ2) is 6.06. The van der Waals surface area contributed by atoms with Gasteiger partial charge in [0, 0.05) is 39.3 Å². The first-order valence-corrected chi connectivity index (χ1v) is 5.80. The van der Waals surface area contributed by atoms with Gasteiger partial charge in [-0.3, -0.25) is 4.90 Å². The van der Waals surface area contributed by atoms with E-state index in [-0.39, 0.29) is 6.09 Å². The highest BCUT2D eigenvalue weighted by Gasteiger charge is 2.16. The lowest BCUT2D eigenvalue weighted by atomic mass is 10.2. The molecule has 0 spiro atoms. The lowest BCUT2D eigenvalue weighted by Crippen LogP contribution is -2.44. The van der Waals surface area contributed by atoms with Gasteiger partial charge in [0.15, 0.2) is 0 Å². The van der Waals surface area contributed by atoms with E-state index in [1.54, 1.807) is 0 Å². The Morgan fingerprint density at radius 2 is 2.00 bits per heavy atom. The molecule has 0 bridgehead atoms. The zero-order valence-electron chi connectivity index (χ0n) is 10.5. The van der Waals surface area contributed by atoms with Gasteiger partial charge in [-0.05, 0) is 20.8 Å². The molecule has 1 amide bonds. The van der Waals surface area contributed by atoms with Gasteiger partial charge in [-0.25, -0.2) is 10.1 Å². The minimum Gasteiger partial charge on any atom is -0.444 e.